The van der Waals surface area contributed by atoms with Gasteiger partial charge in [0.15, 0.2) is 0 Å². The first kappa shape index (κ1) is 17.1. The van der Waals surface area contributed by atoms with Crippen LogP contribution in [0, 0.1) is 0 Å². The van der Waals surface area contributed by atoms with Crippen molar-refractivity contribution in [2.24, 2.45) is 0 Å². The number of aliphatic hydroxyl groups is 1. The van der Waals surface area contributed by atoms with Crippen LogP contribution in [0.15, 0.2) is 42.5 Å². The zero-order valence-electron chi connectivity index (χ0n) is 12.6. The smallest absolute Gasteiger partial charge is 0.230 e. The molecule has 0 fully saturated rings. The van der Waals surface area contributed by atoms with Crippen LogP contribution >= 0.6 is 23.1 Å². The minimum absolute atomic E-state index is 0.0108. The lowest BCUT2D eigenvalue weighted by atomic mass is 10.1. The second-order valence-corrected chi connectivity index (χ2v) is 7.22. The summed E-state index contributed by atoms with van der Waals surface area (Å²) in [5.74, 6) is 0.906. The number of hydrogen-bond donors (Lipinski definition) is 2. The number of aliphatic hydroxyl groups excluding tert-OH is 1. The Morgan fingerprint density at radius 2 is 1.95 bits per heavy atom. The van der Waals surface area contributed by atoms with E-state index in [0.29, 0.717) is 18.1 Å². The van der Waals surface area contributed by atoms with Crippen LogP contribution in [-0.4, -0.2) is 22.5 Å². The van der Waals surface area contributed by atoms with Crippen molar-refractivity contribution in [3.8, 4) is 0 Å². The summed E-state index contributed by atoms with van der Waals surface area (Å²) in [4.78, 5) is 14.3. The lowest BCUT2D eigenvalue weighted by Gasteiger charge is -2.10. The molecule has 0 bridgehead atoms. The molecule has 1 aromatic carbocycles. The van der Waals surface area contributed by atoms with Gasteiger partial charge < -0.3 is 10.4 Å². The maximum atomic E-state index is 11.8. The minimum Gasteiger partial charge on any atom is -0.388 e. The van der Waals surface area contributed by atoms with Crippen LogP contribution < -0.4 is 5.32 Å². The Labute approximate surface area is 139 Å². The van der Waals surface area contributed by atoms with E-state index in [1.807, 2.05) is 30.3 Å². The van der Waals surface area contributed by atoms with Crippen LogP contribution in [-0.2, 0) is 17.8 Å². The summed E-state index contributed by atoms with van der Waals surface area (Å²) in [5, 5.41) is 12.9. The van der Waals surface area contributed by atoms with Gasteiger partial charge in [0.2, 0.25) is 5.91 Å². The van der Waals surface area contributed by atoms with E-state index >= 15 is 0 Å². The van der Waals surface area contributed by atoms with Gasteiger partial charge in [-0.3, -0.25) is 4.79 Å². The molecule has 0 aliphatic rings. The predicted molar refractivity (Wildman–Crippen MR) is 94.3 cm³/mol. The summed E-state index contributed by atoms with van der Waals surface area (Å²) in [7, 11) is 0. The Hall–Kier alpha value is -1.30. The largest absolute Gasteiger partial charge is 0.388 e. The van der Waals surface area contributed by atoms with E-state index in [0.717, 1.165) is 12.0 Å². The Morgan fingerprint density at radius 3 is 2.64 bits per heavy atom. The third kappa shape index (κ3) is 5.48. The Kier molecular flexibility index (Phi) is 6.96. The molecule has 0 aliphatic heterocycles. The number of aryl methyl sites for hydroxylation is 1. The number of rotatable bonds is 8. The maximum absolute atomic E-state index is 11.8. The number of hydrogen-bond acceptors (Lipinski definition) is 4. The van der Waals surface area contributed by atoms with Crippen molar-refractivity contribution in [1.29, 1.82) is 0 Å². The molecule has 5 heteroatoms. The average Bonchev–Trinajstić information content (AvgIpc) is 3.02. The van der Waals surface area contributed by atoms with Gasteiger partial charge in [0.05, 0.1) is 18.4 Å². The molecule has 1 unspecified atom stereocenters. The molecule has 1 heterocycles. The van der Waals surface area contributed by atoms with E-state index < -0.39 is 6.10 Å². The molecule has 0 saturated carbocycles. The molecule has 22 heavy (non-hydrogen) atoms. The van der Waals surface area contributed by atoms with Crippen molar-refractivity contribution in [2.45, 2.75) is 26.0 Å². The number of benzene rings is 1. The maximum Gasteiger partial charge on any atom is 0.230 e. The van der Waals surface area contributed by atoms with Crippen LogP contribution in [0.5, 0.6) is 0 Å². The molecular weight excluding hydrogens is 314 g/mol. The summed E-state index contributed by atoms with van der Waals surface area (Å²) in [6.45, 7) is 2.72. The predicted octanol–water partition coefficient (Wildman–Crippen LogP) is 3.39. The van der Waals surface area contributed by atoms with Crippen molar-refractivity contribution in [3.63, 3.8) is 0 Å². The van der Waals surface area contributed by atoms with Gasteiger partial charge in [-0.1, -0.05) is 37.3 Å². The van der Waals surface area contributed by atoms with E-state index in [9.17, 15) is 9.90 Å². The standard InChI is InChI=1S/C17H21NO2S2/c1-2-14-8-9-15(22-14)10-18-17(20)12-21-11-16(19)13-6-4-3-5-7-13/h3-9,16,19H,2,10-12H2,1H3,(H,18,20). The Bertz CT molecular complexity index is 583. The summed E-state index contributed by atoms with van der Waals surface area (Å²) >= 11 is 3.19. The molecule has 2 aromatic rings. The average molecular weight is 335 g/mol. The van der Waals surface area contributed by atoms with Crippen molar-refractivity contribution >= 4 is 29.0 Å². The molecule has 1 atom stereocenters. The molecule has 1 aromatic heterocycles. The molecule has 2 rings (SSSR count). The lowest BCUT2D eigenvalue weighted by molar-refractivity contribution is -0.118. The second kappa shape index (κ2) is 8.98. The van der Waals surface area contributed by atoms with E-state index in [2.05, 4.69) is 24.4 Å². The molecule has 3 nitrogen and oxygen atoms in total. The topological polar surface area (TPSA) is 49.3 Å². The van der Waals surface area contributed by atoms with Crippen LogP contribution in [0.3, 0.4) is 0 Å². The number of carbonyl (C=O) groups excluding carboxylic acids is 1. The van der Waals surface area contributed by atoms with Crippen LogP contribution in [0.1, 0.15) is 28.3 Å². The Morgan fingerprint density at radius 1 is 1.23 bits per heavy atom. The van der Waals surface area contributed by atoms with E-state index in [4.69, 9.17) is 0 Å². The van der Waals surface area contributed by atoms with Crippen LogP contribution in [0.25, 0.3) is 0 Å². The number of nitrogens with one attached hydrogen (secondary N) is 1. The monoisotopic (exact) mass is 335 g/mol. The Balaban J connectivity index is 1.65. The number of amides is 1. The fourth-order valence-electron chi connectivity index (χ4n) is 1.98. The molecule has 0 radical (unpaired) electrons. The summed E-state index contributed by atoms with van der Waals surface area (Å²) in [5.41, 5.74) is 0.890. The third-order valence-electron chi connectivity index (χ3n) is 3.22. The van der Waals surface area contributed by atoms with Gasteiger partial charge >= 0.3 is 0 Å². The molecule has 0 spiro atoms. The fourth-order valence-corrected chi connectivity index (χ4v) is 3.70. The van der Waals surface area contributed by atoms with Gasteiger partial charge in [-0.25, -0.2) is 0 Å². The highest BCUT2D eigenvalue weighted by molar-refractivity contribution is 7.99. The van der Waals surface area contributed by atoms with Crippen molar-refractivity contribution in [2.75, 3.05) is 11.5 Å². The summed E-state index contributed by atoms with van der Waals surface area (Å²) < 4.78 is 0. The van der Waals surface area contributed by atoms with Crippen molar-refractivity contribution in [3.05, 3.63) is 57.8 Å². The summed E-state index contributed by atoms with van der Waals surface area (Å²) in [6, 6.07) is 13.7. The zero-order valence-corrected chi connectivity index (χ0v) is 14.3. The van der Waals surface area contributed by atoms with Gasteiger partial charge in [-0.2, -0.15) is 0 Å². The van der Waals surface area contributed by atoms with E-state index in [-0.39, 0.29) is 5.91 Å². The number of thiophene rings is 1. The highest BCUT2D eigenvalue weighted by Crippen LogP contribution is 2.18. The first-order valence-electron chi connectivity index (χ1n) is 7.34. The molecule has 118 valence electrons. The number of carbonyl (C=O) groups is 1. The third-order valence-corrected chi connectivity index (χ3v) is 5.47. The van der Waals surface area contributed by atoms with Crippen LogP contribution in [0.4, 0.5) is 0 Å². The van der Waals surface area contributed by atoms with E-state index in [1.165, 1.54) is 21.5 Å². The molecular formula is C17H21NO2S2. The van der Waals surface area contributed by atoms with Gasteiger partial charge in [0.25, 0.3) is 0 Å². The van der Waals surface area contributed by atoms with Crippen molar-refractivity contribution < 1.29 is 9.90 Å². The zero-order chi connectivity index (χ0) is 15.8. The highest BCUT2D eigenvalue weighted by Gasteiger charge is 2.09. The van der Waals surface area contributed by atoms with Crippen molar-refractivity contribution in [1.82, 2.24) is 5.32 Å². The minimum atomic E-state index is -0.525. The lowest BCUT2D eigenvalue weighted by Crippen LogP contribution is -2.24. The SMILES string of the molecule is CCc1ccc(CNC(=O)CSCC(O)c2ccccc2)s1. The number of thioether (sulfide) groups is 1. The van der Waals surface area contributed by atoms with Gasteiger partial charge in [-0.05, 0) is 24.1 Å². The van der Waals surface area contributed by atoms with Gasteiger partial charge in [0.1, 0.15) is 0 Å². The summed E-state index contributed by atoms with van der Waals surface area (Å²) in [6.07, 6.45) is 0.509. The molecule has 1 amide bonds. The molecule has 0 saturated heterocycles. The van der Waals surface area contributed by atoms with Gasteiger partial charge in [0, 0.05) is 15.5 Å². The molecule has 2 N–H and O–H groups in total. The highest BCUT2D eigenvalue weighted by atomic mass is 32.2. The van der Waals surface area contributed by atoms with Gasteiger partial charge in [-0.15, -0.1) is 23.1 Å². The first-order chi connectivity index (χ1) is 10.7. The quantitative estimate of drug-likeness (QED) is 0.777. The van der Waals surface area contributed by atoms with Crippen LogP contribution in [0.2, 0.25) is 0 Å². The normalized spacial score (nSPS) is 12.1. The van der Waals surface area contributed by atoms with E-state index in [1.54, 1.807) is 11.3 Å². The molecule has 0 aliphatic carbocycles. The fraction of sp³-hybridized carbons (Fsp3) is 0.353. The first-order valence-corrected chi connectivity index (χ1v) is 9.31. The second-order valence-electron chi connectivity index (χ2n) is 4.94.